The highest BCUT2D eigenvalue weighted by molar-refractivity contribution is 8.02. The highest BCUT2D eigenvalue weighted by atomic mass is 35.5. The van der Waals surface area contributed by atoms with Crippen LogP contribution in [0.5, 0.6) is 0 Å². The van der Waals surface area contributed by atoms with Crippen LogP contribution in [0.4, 0.5) is 11.4 Å². The molecule has 1 heterocycles. The predicted molar refractivity (Wildman–Crippen MR) is 84.7 cm³/mol. The van der Waals surface area contributed by atoms with Gasteiger partial charge in [0.2, 0.25) is 5.91 Å². The second-order valence-electron chi connectivity index (χ2n) is 3.81. The van der Waals surface area contributed by atoms with E-state index in [9.17, 15) is 4.79 Å². The van der Waals surface area contributed by atoms with Gasteiger partial charge in [0.1, 0.15) is 5.51 Å². The lowest BCUT2D eigenvalue weighted by Gasteiger charge is -2.11. The number of carbonyl (C=O) groups excluding carboxylic acids is 1. The summed E-state index contributed by atoms with van der Waals surface area (Å²) in [5, 5.41) is 10.6. The van der Waals surface area contributed by atoms with Crippen LogP contribution in [-0.2, 0) is 4.79 Å². The smallest absolute Gasteiger partial charge is 0.237 e. The average molecular weight is 349 g/mol. The summed E-state index contributed by atoms with van der Waals surface area (Å²) in [5.74, 6) is -0.179. The van der Waals surface area contributed by atoms with Crippen LogP contribution in [-0.4, -0.2) is 21.4 Å². The molecule has 1 atom stereocenters. The van der Waals surface area contributed by atoms with E-state index < -0.39 is 0 Å². The molecule has 0 fully saturated rings. The Kier molecular flexibility index (Phi) is 5.09. The molecule has 2 aromatic rings. The van der Waals surface area contributed by atoms with Crippen LogP contribution in [0.25, 0.3) is 0 Å². The zero-order valence-electron chi connectivity index (χ0n) is 10.3. The second-order valence-corrected chi connectivity index (χ2v) is 7.04. The van der Waals surface area contributed by atoms with E-state index in [0.29, 0.717) is 21.4 Å². The Hall–Kier alpha value is -1.02. The van der Waals surface area contributed by atoms with Crippen LogP contribution in [0.2, 0.25) is 10.0 Å². The maximum Gasteiger partial charge on any atom is 0.237 e. The Morgan fingerprint density at radius 3 is 2.65 bits per heavy atom. The first-order valence-electron chi connectivity index (χ1n) is 5.45. The van der Waals surface area contributed by atoms with Gasteiger partial charge in [-0.05, 0) is 19.1 Å². The molecule has 1 aromatic carbocycles. The molecule has 0 saturated carbocycles. The number of benzene rings is 1. The fraction of sp³-hybridized carbons (Fsp3) is 0.182. The Balaban J connectivity index is 2.04. The first kappa shape index (κ1) is 15.4. The van der Waals surface area contributed by atoms with Gasteiger partial charge in [0, 0.05) is 5.69 Å². The number of nitrogens with one attached hydrogen (secondary N) is 1. The van der Waals surface area contributed by atoms with E-state index in [-0.39, 0.29) is 11.2 Å². The van der Waals surface area contributed by atoms with E-state index in [0.717, 1.165) is 4.34 Å². The SMILES string of the molecule is CC(Sc1nncs1)C(=O)Nc1cc(Cl)c(N)c(Cl)c1. The van der Waals surface area contributed by atoms with Gasteiger partial charge < -0.3 is 11.1 Å². The minimum absolute atomic E-state index is 0.179. The second kappa shape index (κ2) is 6.62. The van der Waals surface area contributed by atoms with Crippen molar-refractivity contribution < 1.29 is 4.79 Å². The number of hydrogen-bond acceptors (Lipinski definition) is 6. The summed E-state index contributed by atoms with van der Waals surface area (Å²) >= 11 is 14.5. The summed E-state index contributed by atoms with van der Waals surface area (Å²) in [4.78, 5) is 12.1. The summed E-state index contributed by atoms with van der Waals surface area (Å²) < 4.78 is 0.737. The molecule has 1 aromatic heterocycles. The molecule has 0 saturated heterocycles. The molecule has 9 heteroatoms. The summed E-state index contributed by atoms with van der Waals surface area (Å²) in [7, 11) is 0. The van der Waals surface area contributed by atoms with Crippen LogP contribution in [0.1, 0.15) is 6.92 Å². The number of carbonyl (C=O) groups is 1. The molecular weight excluding hydrogens is 339 g/mol. The van der Waals surface area contributed by atoms with Gasteiger partial charge in [-0.15, -0.1) is 10.2 Å². The Morgan fingerprint density at radius 2 is 2.10 bits per heavy atom. The van der Waals surface area contributed by atoms with Gasteiger partial charge >= 0.3 is 0 Å². The van der Waals surface area contributed by atoms with Crippen LogP contribution in [0.3, 0.4) is 0 Å². The van der Waals surface area contributed by atoms with E-state index in [2.05, 4.69) is 15.5 Å². The van der Waals surface area contributed by atoms with Gasteiger partial charge in [0.05, 0.1) is 21.0 Å². The zero-order chi connectivity index (χ0) is 14.7. The monoisotopic (exact) mass is 348 g/mol. The van der Waals surface area contributed by atoms with Crippen molar-refractivity contribution in [1.29, 1.82) is 0 Å². The van der Waals surface area contributed by atoms with Crippen molar-refractivity contribution in [3.05, 3.63) is 27.7 Å². The van der Waals surface area contributed by atoms with Crippen molar-refractivity contribution in [2.45, 2.75) is 16.5 Å². The third-order valence-electron chi connectivity index (χ3n) is 2.33. The number of amides is 1. The van der Waals surface area contributed by atoms with Crippen molar-refractivity contribution in [2.24, 2.45) is 0 Å². The number of aromatic nitrogens is 2. The van der Waals surface area contributed by atoms with E-state index in [1.807, 2.05) is 0 Å². The van der Waals surface area contributed by atoms with Crippen LogP contribution < -0.4 is 11.1 Å². The molecule has 0 aliphatic carbocycles. The van der Waals surface area contributed by atoms with Gasteiger partial charge in [0.25, 0.3) is 0 Å². The third kappa shape index (κ3) is 3.76. The van der Waals surface area contributed by atoms with Crippen LogP contribution in [0, 0.1) is 0 Å². The minimum Gasteiger partial charge on any atom is -0.396 e. The predicted octanol–water partition coefficient (Wildman–Crippen LogP) is 3.55. The summed E-state index contributed by atoms with van der Waals surface area (Å²) in [6.07, 6.45) is 0. The molecule has 2 rings (SSSR count). The number of nitrogen functional groups attached to an aromatic ring is 1. The molecule has 106 valence electrons. The van der Waals surface area contributed by atoms with Gasteiger partial charge in [-0.2, -0.15) is 0 Å². The van der Waals surface area contributed by atoms with Crippen molar-refractivity contribution in [3.63, 3.8) is 0 Å². The topological polar surface area (TPSA) is 80.9 Å². The van der Waals surface area contributed by atoms with Crippen LogP contribution >= 0.6 is 46.3 Å². The number of thioether (sulfide) groups is 1. The summed E-state index contributed by atoms with van der Waals surface area (Å²) in [6.45, 7) is 1.78. The van der Waals surface area contributed by atoms with E-state index >= 15 is 0 Å². The molecule has 0 aliphatic heterocycles. The van der Waals surface area contributed by atoms with E-state index in [1.54, 1.807) is 24.6 Å². The minimum atomic E-state index is -0.321. The number of nitrogens with zero attached hydrogens (tertiary/aromatic N) is 2. The molecule has 1 amide bonds. The number of hydrogen-bond donors (Lipinski definition) is 2. The zero-order valence-corrected chi connectivity index (χ0v) is 13.4. The van der Waals surface area contributed by atoms with E-state index in [4.69, 9.17) is 28.9 Å². The summed E-state index contributed by atoms with van der Waals surface area (Å²) in [5.41, 5.74) is 8.05. The number of rotatable bonds is 4. The largest absolute Gasteiger partial charge is 0.396 e. The van der Waals surface area contributed by atoms with E-state index in [1.165, 1.54) is 23.1 Å². The van der Waals surface area contributed by atoms with Crippen LogP contribution in [0.15, 0.2) is 22.0 Å². The quantitative estimate of drug-likeness (QED) is 0.652. The fourth-order valence-corrected chi connectivity index (χ4v) is 3.43. The Labute approximate surface area is 133 Å². The van der Waals surface area contributed by atoms with Gasteiger partial charge in [-0.25, -0.2) is 0 Å². The number of nitrogens with two attached hydrogens (primary N) is 1. The first-order chi connectivity index (χ1) is 9.47. The molecule has 20 heavy (non-hydrogen) atoms. The molecular formula is C11H10Cl2N4OS2. The molecule has 5 nitrogen and oxygen atoms in total. The lowest BCUT2D eigenvalue weighted by atomic mass is 10.2. The van der Waals surface area contributed by atoms with Crippen molar-refractivity contribution in [2.75, 3.05) is 11.1 Å². The van der Waals surface area contributed by atoms with Crippen molar-refractivity contribution in [1.82, 2.24) is 10.2 Å². The third-order valence-corrected chi connectivity index (χ3v) is 4.87. The first-order valence-corrected chi connectivity index (χ1v) is 7.97. The highest BCUT2D eigenvalue weighted by Gasteiger charge is 2.17. The van der Waals surface area contributed by atoms with Gasteiger partial charge in [-0.3, -0.25) is 4.79 Å². The maximum absolute atomic E-state index is 12.1. The molecule has 0 radical (unpaired) electrons. The molecule has 1 unspecified atom stereocenters. The van der Waals surface area contributed by atoms with Crippen molar-refractivity contribution >= 4 is 63.6 Å². The lowest BCUT2D eigenvalue weighted by Crippen LogP contribution is -2.22. The average Bonchev–Trinajstić information content (AvgIpc) is 2.88. The highest BCUT2D eigenvalue weighted by Crippen LogP contribution is 2.32. The Bertz CT molecular complexity index is 598. The normalized spacial score (nSPS) is 12.2. The Morgan fingerprint density at radius 1 is 1.45 bits per heavy atom. The van der Waals surface area contributed by atoms with Crippen molar-refractivity contribution in [3.8, 4) is 0 Å². The summed E-state index contributed by atoms with van der Waals surface area (Å²) in [6, 6.07) is 3.12. The molecule has 0 spiro atoms. The molecule has 0 bridgehead atoms. The van der Waals surface area contributed by atoms with Gasteiger partial charge in [-0.1, -0.05) is 46.3 Å². The molecule has 0 aliphatic rings. The molecule has 3 N–H and O–H groups in total. The number of halogens is 2. The lowest BCUT2D eigenvalue weighted by molar-refractivity contribution is -0.115. The van der Waals surface area contributed by atoms with Gasteiger partial charge in [0.15, 0.2) is 4.34 Å². The maximum atomic E-state index is 12.1. The standard InChI is InChI=1S/C11H10Cl2N4OS2/c1-5(20-11-17-15-4-19-11)10(18)16-6-2-7(12)9(14)8(13)3-6/h2-5H,14H2,1H3,(H,16,18). The number of anilines is 2. The fourth-order valence-electron chi connectivity index (χ4n) is 1.32.